The van der Waals surface area contributed by atoms with Crippen LogP contribution in [0, 0.1) is 11.6 Å². The number of thiazole rings is 1. The van der Waals surface area contributed by atoms with Gasteiger partial charge in [-0.1, -0.05) is 29.8 Å². The summed E-state index contributed by atoms with van der Waals surface area (Å²) in [5.74, 6) is -2.23. The van der Waals surface area contributed by atoms with Gasteiger partial charge in [-0.15, -0.1) is 11.3 Å². The molecule has 1 N–H and O–H groups in total. The summed E-state index contributed by atoms with van der Waals surface area (Å²) in [6.07, 6.45) is 2.95. The predicted octanol–water partition coefficient (Wildman–Crippen LogP) is 5.39. The van der Waals surface area contributed by atoms with Crippen LogP contribution < -0.4 is 5.32 Å². The monoisotopic (exact) mass is 376 g/mol. The van der Waals surface area contributed by atoms with Crippen LogP contribution in [0.1, 0.15) is 5.56 Å². The molecule has 2 aromatic carbocycles. The fourth-order valence-electron chi connectivity index (χ4n) is 2.04. The van der Waals surface area contributed by atoms with E-state index in [1.54, 1.807) is 29.7 Å². The van der Waals surface area contributed by atoms with Crippen LogP contribution in [0.2, 0.25) is 5.02 Å². The zero-order chi connectivity index (χ0) is 17.8. The van der Waals surface area contributed by atoms with Crippen molar-refractivity contribution in [3.8, 4) is 11.3 Å². The van der Waals surface area contributed by atoms with E-state index < -0.39 is 11.6 Å². The van der Waals surface area contributed by atoms with Gasteiger partial charge >= 0.3 is 0 Å². The minimum absolute atomic E-state index is 0.355. The molecule has 0 atom stereocenters. The first-order chi connectivity index (χ1) is 12.0. The minimum atomic E-state index is -0.946. The van der Waals surface area contributed by atoms with Crippen LogP contribution in [0.15, 0.2) is 53.9 Å². The number of nitrogens with one attached hydrogen (secondary N) is 1. The predicted molar refractivity (Wildman–Crippen MR) is 96.6 cm³/mol. The van der Waals surface area contributed by atoms with Crippen molar-refractivity contribution in [3.63, 3.8) is 0 Å². The van der Waals surface area contributed by atoms with E-state index in [9.17, 15) is 13.6 Å². The minimum Gasteiger partial charge on any atom is -0.298 e. The molecule has 1 aromatic heterocycles. The summed E-state index contributed by atoms with van der Waals surface area (Å²) in [4.78, 5) is 16.2. The average Bonchev–Trinajstić information content (AvgIpc) is 3.05. The van der Waals surface area contributed by atoms with Gasteiger partial charge in [-0.3, -0.25) is 10.1 Å². The Balaban J connectivity index is 1.69. The Kier molecular flexibility index (Phi) is 5.21. The smallest absolute Gasteiger partial charge is 0.250 e. The maximum absolute atomic E-state index is 13.3. The molecule has 0 bridgehead atoms. The van der Waals surface area contributed by atoms with Crippen LogP contribution in [0.3, 0.4) is 0 Å². The number of anilines is 1. The van der Waals surface area contributed by atoms with Gasteiger partial charge < -0.3 is 0 Å². The van der Waals surface area contributed by atoms with Crippen molar-refractivity contribution in [2.24, 2.45) is 0 Å². The van der Waals surface area contributed by atoms with E-state index in [0.29, 0.717) is 21.4 Å². The highest BCUT2D eigenvalue weighted by atomic mass is 35.5. The molecule has 3 rings (SSSR count). The number of carbonyl (C=O) groups excluding carboxylic acids is 1. The van der Waals surface area contributed by atoms with Crippen molar-refractivity contribution in [2.45, 2.75) is 0 Å². The Labute approximate surface area is 151 Å². The van der Waals surface area contributed by atoms with Gasteiger partial charge in [0, 0.05) is 22.0 Å². The lowest BCUT2D eigenvalue weighted by Gasteiger charge is -1.99. The number of hydrogen-bond acceptors (Lipinski definition) is 3. The van der Waals surface area contributed by atoms with Gasteiger partial charge in [0.05, 0.1) is 5.69 Å². The first-order valence-corrected chi connectivity index (χ1v) is 8.43. The third-order valence-electron chi connectivity index (χ3n) is 3.27. The standard InChI is InChI=1S/C18H11ClF2N2OS/c19-13-4-2-1-3-11(13)6-8-17(24)23-18-22-16(10-25-18)12-5-7-14(20)15(21)9-12/h1-10H,(H,22,23,24). The molecule has 7 heteroatoms. The van der Waals surface area contributed by atoms with Crippen molar-refractivity contribution in [2.75, 3.05) is 5.32 Å². The summed E-state index contributed by atoms with van der Waals surface area (Å²) in [5.41, 5.74) is 1.61. The highest BCUT2D eigenvalue weighted by molar-refractivity contribution is 7.14. The molecule has 0 aliphatic carbocycles. The summed E-state index contributed by atoms with van der Waals surface area (Å²) < 4.78 is 26.3. The molecule has 3 aromatic rings. The maximum atomic E-state index is 13.3. The molecule has 0 aliphatic heterocycles. The highest BCUT2D eigenvalue weighted by Crippen LogP contribution is 2.26. The summed E-state index contributed by atoms with van der Waals surface area (Å²) in [6, 6.07) is 10.7. The van der Waals surface area contributed by atoms with Gasteiger partial charge in [0.15, 0.2) is 16.8 Å². The first kappa shape index (κ1) is 17.3. The van der Waals surface area contributed by atoms with E-state index in [-0.39, 0.29) is 5.91 Å². The number of hydrogen-bond donors (Lipinski definition) is 1. The van der Waals surface area contributed by atoms with Crippen LogP contribution in [0.4, 0.5) is 13.9 Å². The fraction of sp³-hybridized carbons (Fsp3) is 0. The maximum Gasteiger partial charge on any atom is 0.250 e. The molecule has 0 unspecified atom stereocenters. The summed E-state index contributed by atoms with van der Waals surface area (Å²) in [6.45, 7) is 0. The third kappa shape index (κ3) is 4.29. The Hall–Kier alpha value is -2.57. The van der Waals surface area contributed by atoms with E-state index in [4.69, 9.17) is 11.6 Å². The Morgan fingerprint density at radius 2 is 1.96 bits per heavy atom. The Morgan fingerprint density at radius 1 is 1.16 bits per heavy atom. The van der Waals surface area contributed by atoms with Crippen LogP contribution >= 0.6 is 22.9 Å². The molecule has 0 spiro atoms. The molecule has 1 heterocycles. The summed E-state index contributed by atoms with van der Waals surface area (Å²) >= 11 is 7.20. The zero-order valence-electron chi connectivity index (χ0n) is 12.7. The second-order valence-electron chi connectivity index (χ2n) is 5.01. The molecule has 0 fully saturated rings. The third-order valence-corrected chi connectivity index (χ3v) is 4.37. The Morgan fingerprint density at radius 3 is 2.72 bits per heavy atom. The molecule has 0 saturated carbocycles. The lowest BCUT2D eigenvalue weighted by atomic mass is 10.2. The van der Waals surface area contributed by atoms with Gasteiger partial charge in [-0.2, -0.15) is 0 Å². The molecule has 3 nitrogen and oxygen atoms in total. The van der Waals surface area contributed by atoms with Crippen molar-refractivity contribution in [1.82, 2.24) is 4.98 Å². The molecule has 0 radical (unpaired) electrons. The van der Waals surface area contributed by atoms with E-state index in [1.165, 1.54) is 23.5 Å². The second kappa shape index (κ2) is 7.55. The Bertz CT molecular complexity index is 956. The SMILES string of the molecule is O=C(C=Cc1ccccc1Cl)Nc1nc(-c2ccc(F)c(F)c2)cs1. The number of benzene rings is 2. The molecular weight excluding hydrogens is 366 g/mol. The van der Waals surface area contributed by atoms with E-state index in [2.05, 4.69) is 10.3 Å². The van der Waals surface area contributed by atoms with Crippen molar-refractivity contribution in [1.29, 1.82) is 0 Å². The number of aromatic nitrogens is 1. The molecule has 25 heavy (non-hydrogen) atoms. The highest BCUT2D eigenvalue weighted by Gasteiger charge is 2.09. The summed E-state index contributed by atoms with van der Waals surface area (Å²) in [7, 11) is 0. The summed E-state index contributed by atoms with van der Waals surface area (Å²) in [5, 5.41) is 5.17. The van der Waals surface area contributed by atoms with Gasteiger partial charge in [-0.25, -0.2) is 13.8 Å². The average molecular weight is 377 g/mol. The number of rotatable bonds is 4. The van der Waals surface area contributed by atoms with Gasteiger partial charge in [0.25, 0.3) is 0 Å². The lowest BCUT2D eigenvalue weighted by molar-refractivity contribution is -0.111. The zero-order valence-corrected chi connectivity index (χ0v) is 14.2. The second-order valence-corrected chi connectivity index (χ2v) is 6.28. The molecule has 0 saturated heterocycles. The van der Waals surface area contributed by atoms with Crippen LogP contribution in [-0.2, 0) is 4.79 Å². The van der Waals surface area contributed by atoms with Crippen LogP contribution in [0.5, 0.6) is 0 Å². The van der Waals surface area contributed by atoms with Crippen molar-refractivity contribution >= 4 is 40.1 Å². The first-order valence-electron chi connectivity index (χ1n) is 7.17. The molecule has 1 amide bonds. The van der Waals surface area contributed by atoms with Gasteiger partial charge in [0.2, 0.25) is 5.91 Å². The number of halogens is 3. The normalized spacial score (nSPS) is 11.0. The van der Waals surface area contributed by atoms with E-state index in [1.807, 2.05) is 6.07 Å². The van der Waals surface area contributed by atoms with Gasteiger partial charge in [-0.05, 0) is 35.9 Å². The number of carbonyl (C=O) groups is 1. The fourth-order valence-corrected chi connectivity index (χ4v) is 2.96. The van der Waals surface area contributed by atoms with Crippen LogP contribution in [-0.4, -0.2) is 10.9 Å². The molecule has 126 valence electrons. The largest absolute Gasteiger partial charge is 0.298 e. The molecule has 0 aliphatic rings. The van der Waals surface area contributed by atoms with Crippen molar-refractivity contribution in [3.05, 3.63) is 76.1 Å². The van der Waals surface area contributed by atoms with Gasteiger partial charge in [0.1, 0.15) is 0 Å². The number of amides is 1. The topological polar surface area (TPSA) is 42.0 Å². The quantitative estimate of drug-likeness (QED) is 0.620. The van der Waals surface area contributed by atoms with E-state index in [0.717, 1.165) is 17.7 Å². The molecular formula is C18H11ClF2N2OS. The number of nitrogens with zero attached hydrogens (tertiary/aromatic N) is 1. The van der Waals surface area contributed by atoms with Crippen LogP contribution in [0.25, 0.3) is 17.3 Å². The lowest BCUT2D eigenvalue weighted by Crippen LogP contribution is -2.07. The van der Waals surface area contributed by atoms with E-state index >= 15 is 0 Å². The van der Waals surface area contributed by atoms with Crippen molar-refractivity contribution < 1.29 is 13.6 Å².